The highest BCUT2D eigenvalue weighted by atomic mass is 127. The molecule has 0 unspecified atom stereocenters. The molecule has 160 valence electrons. The van der Waals surface area contributed by atoms with Crippen molar-refractivity contribution in [3.8, 4) is 0 Å². The van der Waals surface area contributed by atoms with Gasteiger partial charge in [0.25, 0.3) is 5.91 Å². The highest BCUT2D eigenvalue weighted by molar-refractivity contribution is 14.0. The van der Waals surface area contributed by atoms with Crippen LogP contribution >= 0.6 is 24.0 Å². The molecule has 0 fully saturated rings. The summed E-state index contributed by atoms with van der Waals surface area (Å²) in [6, 6.07) is 11.0. The van der Waals surface area contributed by atoms with Crippen LogP contribution in [0.1, 0.15) is 34.4 Å². The summed E-state index contributed by atoms with van der Waals surface area (Å²) in [6.07, 6.45) is 3.10. The van der Waals surface area contributed by atoms with Crippen LogP contribution in [0.15, 0.2) is 58.4 Å². The Balaban J connectivity index is 0.00000320. The molecule has 3 rings (SSSR count). The van der Waals surface area contributed by atoms with Crippen molar-refractivity contribution in [3.05, 3.63) is 71.7 Å². The van der Waals surface area contributed by atoms with Crippen molar-refractivity contribution < 1.29 is 9.21 Å². The molecule has 3 aromatic rings. The maximum absolute atomic E-state index is 12.4. The number of carbonyl (C=O) groups is 1. The molecule has 30 heavy (non-hydrogen) atoms. The Hall–Kier alpha value is -2.89. The van der Waals surface area contributed by atoms with E-state index in [2.05, 4.69) is 31.0 Å². The summed E-state index contributed by atoms with van der Waals surface area (Å²) in [5.74, 6) is 2.04. The predicted molar refractivity (Wildman–Crippen MR) is 124 cm³/mol. The summed E-state index contributed by atoms with van der Waals surface area (Å²) in [5, 5.41) is 13.3. The second kappa shape index (κ2) is 12.0. The van der Waals surface area contributed by atoms with Crippen LogP contribution < -0.4 is 16.0 Å². The summed E-state index contributed by atoms with van der Waals surface area (Å²) in [6.45, 7) is 4.04. The minimum Gasteiger partial charge on any atom is -0.467 e. The first-order valence-corrected chi connectivity index (χ1v) is 9.40. The Bertz CT molecular complexity index is 954. The van der Waals surface area contributed by atoms with Gasteiger partial charge in [0.1, 0.15) is 17.9 Å². The molecule has 1 aromatic carbocycles. The number of aryl methyl sites for hydroxylation is 1. The van der Waals surface area contributed by atoms with E-state index < -0.39 is 0 Å². The number of furan rings is 1. The molecule has 10 heteroatoms. The van der Waals surface area contributed by atoms with Gasteiger partial charge < -0.3 is 20.4 Å². The minimum absolute atomic E-state index is 0. The molecule has 0 bridgehead atoms. The van der Waals surface area contributed by atoms with E-state index in [1.54, 1.807) is 23.1 Å². The monoisotopic (exact) mass is 523 g/mol. The molecule has 3 N–H and O–H groups in total. The van der Waals surface area contributed by atoms with Crippen LogP contribution in [-0.2, 0) is 26.7 Å². The Kier molecular flexibility index (Phi) is 9.32. The number of carbonyl (C=O) groups excluding carboxylic acids is 1. The zero-order valence-electron chi connectivity index (χ0n) is 17.0. The predicted octanol–water partition coefficient (Wildman–Crippen LogP) is 2.21. The third-order valence-corrected chi connectivity index (χ3v) is 4.18. The molecule has 1 amide bonds. The average molecular weight is 523 g/mol. The topological polar surface area (TPSA) is 109 Å². The van der Waals surface area contributed by atoms with Gasteiger partial charge in [0.2, 0.25) is 0 Å². The highest BCUT2D eigenvalue weighted by Crippen LogP contribution is 2.08. The molecule has 0 aliphatic rings. The summed E-state index contributed by atoms with van der Waals surface area (Å²) >= 11 is 0. The zero-order valence-corrected chi connectivity index (χ0v) is 19.3. The third-order valence-electron chi connectivity index (χ3n) is 4.18. The van der Waals surface area contributed by atoms with Crippen LogP contribution in [0.5, 0.6) is 0 Å². The summed E-state index contributed by atoms with van der Waals surface area (Å²) in [4.78, 5) is 21.1. The molecule has 0 saturated carbocycles. The van der Waals surface area contributed by atoms with Crippen LogP contribution in [0.3, 0.4) is 0 Å². The van der Waals surface area contributed by atoms with Crippen LogP contribution in [0.25, 0.3) is 0 Å². The normalized spacial score (nSPS) is 10.9. The van der Waals surface area contributed by atoms with E-state index in [1.165, 1.54) is 6.33 Å². The fourth-order valence-corrected chi connectivity index (χ4v) is 2.65. The number of halogens is 1. The minimum atomic E-state index is -0.153. The highest BCUT2D eigenvalue weighted by Gasteiger charge is 2.07. The van der Waals surface area contributed by atoms with E-state index in [1.807, 2.05) is 38.2 Å². The first-order valence-electron chi connectivity index (χ1n) is 9.40. The molecule has 0 spiro atoms. The second-order valence-corrected chi connectivity index (χ2v) is 6.31. The van der Waals surface area contributed by atoms with Crippen LogP contribution in [0.2, 0.25) is 0 Å². The zero-order chi connectivity index (χ0) is 20.5. The maximum atomic E-state index is 12.4. The number of amides is 1. The van der Waals surface area contributed by atoms with Crippen LogP contribution in [0.4, 0.5) is 0 Å². The van der Waals surface area contributed by atoms with E-state index in [0.717, 1.165) is 17.9 Å². The van der Waals surface area contributed by atoms with Gasteiger partial charge in [-0.2, -0.15) is 5.10 Å². The van der Waals surface area contributed by atoms with Crippen molar-refractivity contribution in [2.75, 3.05) is 6.54 Å². The SMILES string of the molecule is CCNC(=NCc1cccc(C(=O)NCc2ccco2)c1)NCc1ncnn1C.I. The van der Waals surface area contributed by atoms with Crippen molar-refractivity contribution in [3.63, 3.8) is 0 Å². The Morgan fingerprint density at radius 3 is 2.73 bits per heavy atom. The fraction of sp³-hybridized carbons (Fsp3) is 0.300. The first kappa shape index (κ1) is 23.4. The second-order valence-electron chi connectivity index (χ2n) is 6.31. The lowest BCUT2D eigenvalue weighted by molar-refractivity contribution is 0.0948. The average Bonchev–Trinajstić information content (AvgIpc) is 3.40. The van der Waals surface area contributed by atoms with Crippen molar-refractivity contribution in [2.24, 2.45) is 12.0 Å². The molecule has 0 aliphatic heterocycles. The number of nitrogens with one attached hydrogen (secondary N) is 3. The molecule has 0 aliphatic carbocycles. The van der Waals surface area contributed by atoms with Gasteiger partial charge in [0.05, 0.1) is 25.9 Å². The van der Waals surface area contributed by atoms with E-state index >= 15 is 0 Å². The van der Waals surface area contributed by atoms with Crippen molar-refractivity contribution in [1.29, 1.82) is 0 Å². The molecule has 0 atom stereocenters. The lowest BCUT2D eigenvalue weighted by Crippen LogP contribution is -2.37. The summed E-state index contributed by atoms with van der Waals surface area (Å²) < 4.78 is 6.94. The third kappa shape index (κ3) is 6.87. The van der Waals surface area contributed by atoms with Crippen molar-refractivity contribution in [1.82, 2.24) is 30.7 Å². The lowest BCUT2D eigenvalue weighted by Gasteiger charge is -2.11. The van der Waals surface area contributed by atoms with Gasteiger partial charge in [0, 0.05) is 19.2 Å². The fourth-order valence-electron chi connectivity index (χ4n) is 2.65. The van der Waals surface area contributed by atoms with Gasteiger partial charge in [0.15, 0.2) is 5.96 Å². The van der Waals surface area contributed by atoms with Gasteiger partial charge in [-0.1, -0.05) is 12.1 Å². The number of aromatic nitrogens is 3. The van der Waals surface area contributed by atoms with Crippen molar-refractivity contribution in [2.45, 2.75) is 26.6 Å². The first-order chi connectivity index (χ1) is 14.2. The van der Waals surface area contributed by atoms with E-state index in [-0.39, 0.29) is 29.9 Å². The van der Waals surface area contributed by atoms with Crippen LogP contribution in [-0.4, -0.2) is 33.2 Å². The Morgan fingerprint density at radius 1 is 1.17 bits per heavy atom. The number of benzene rings is 1. The van der Waals surface area contributed by atoms with E-state index in [4.69, 9.17) is 4.42 Å². The molecule has 2 heterocycles. The van der Waals surface area contributed by atoms with Crippen molar-refractivity contribution >= 4 is 35.8 Å². The number of aliphatic imine (C=N–C) groups is 1. The number of rotatable bonds is 8. The number of hydrogen-bond donors (Lipinski definition) is 3. The lowest BCUT2D eigenvalue weighted by atomic mass is 10.1. The van der Waals surface area contributed by atoms with Gasteiger partial charge >= 0.3 is 0 Å². The molecule has 2 aromatic heterocycles. The number of guanidine groups is 1. The Morgan fingerprint density at radius 2 is 2.03 bits per heavy atom. The molecule has 0 radical (unpaired) electrons. The van der Waals surface area contributed by atoms with Gasteiger partial charge in [-0.25, -0.2) is 9.98 Å². The van der Waals surface area contributed by atoms with E-state index in [0.29, 0.717) is 36.9 Å². The van der Waals surface area contributed by atoms with E-state index in [9.17, 15) is 4.79 Å². The van der Waals surface area contributed by atoms with Crippen LogP contribution in [0, 0.1) is 0 Å². The quantitative estimate of drug-likeness (QED) is 0.237. The Labute approximate surface area is 192 Å². The van der Waals surface area contributed by atoms with Gasteiger partial charge in [-0.3, -0.25) is 9.48 Å². The maximum Gasteiger partial charge on any atom is 0.251 e. The number of hydrogen-bond acceptors (Lipinski definition) is 5. The summed E-state index contributed by atoms with van der Waals surface area (Å²) in [5.41, 5.74) is 1.52. The molecule has 9 nitrogen and oxygen atoms in total. The summed E-state index contributed by atoms with van der Waals surface area (Å²) in [7, 11) is 1.84. The molecular weight excluding hydrogens is 497 g/mol. The molecular formula is C20H26IN7O2. The van der Waals surface area contributed by atoms with Gasteiger partial charge in [-0.15, -0.1) is 24.0 Å². The van der Waals surface area contributed by atoms with Gasteiger partial charge in [-0.05, 0) is 36.8 Å². The standard InChI is InChI=1S/C20H25N7O2.HI/c1-3-21-20(24-13-18-25-14-26-27(18)2)23-11-15-6-4-7-16(10-15)19(28)22-12-17-8-5-9-29-17;/h4-10,14H,3,11-13H2,1-2H3,(H,22,28)(H2,21,23,24);1H. The largest absolute Gasteiger partial charge is 0.467 e. The number of nitrogens with zero attached hydrogens (tertiary/aromatic N) is 4. The molecule has 0 saturated heterocycles. The smallest absolute Gasteiger partial charge is 0.251 e.